The highest BCUT2D eigenvalue weighted by Crippen LogP contribution is 2.42. The maximum Gasteiger partial charge on any atom is 0.303 e. The first-order valence-electron chi connectivity index (χ1n) is 5.71. The first kappa shape index (κ1) is 20.1. The van der Waals surface area contributed by atoms with Crippen molar-refractivity contribution >= 4 is 88.1 Å². The molecule has 0 heterocycles. The number of nitrogens with one attached hydrogen (secondary N) is 1. The van der Waals surface area contributed by atoms with Gasteiger partial charge in [0.05, 0.1) is 25.8 Å². The largest absolute Gasteiger partial charge is 0.456 e. The van der Waals surface area contributed by atoms with E-state index in [1.165, 1.54) is 0 Å². The monoisotopic (exact) mass is 532 g/mol. The molecule has 0 fully saturated rings. The van der Waals surface area contributed by atoms with E-state index in [4.69, 9.17) is 17.3 Å². The number of halogens is 4. The van der Waals surface area contributed by atoms with E-state index in [9.17, 15) is 19.2 Å². The maximum atomic E-state index is 11.8. The fourth-order valence-electron chi connectivity index (χ4n) is 1.51. The van der Waals surface area contributed by atoms with Crippen LogP contribution in [0.2, 0.25) is 0 Å². The summed E-state index contributed by atoms with van der Waals surface area (Å²) in [7, 11) is 0. The van der Waals surface area contributed by atoms with Crippen molar-refractivity contribution in [3.8, 4) is 0 Å². The molecular weight excluding hydrogens is 527 g/mol. The van der Waals surface area contributed by atoms with E-state index in [0.717, 1.165) is 6.92 Å². The van der Waals surface area contributed by atoms with E-state index < -0.39 is 29.6 Å². The molecule has 0 aromatic heterocycles. The second-order valence-corrected chi connectivity index (χ2v) is 6.76. The summed E-state index contributed by atoms with van der Waals surface area (Å²) >= 11 is 14.9. The minimum Gasteiger partial charge on any atom is -0.456 e. The van der Waals surface area contributed by atoms with E-state index in [0.29, 0.717) is 0 Å². The van der Waals surface area contributed by atoms with Crippen LogP contribution in [0.3, 0.4) is 0 Å². The molecule has 124 valence electrons. The van der Waals surface area contributed by atoms with E-state index in [2.05, 4.69) is 57.8 Å². The van der Waals surface area contributed by atoms with Crippen molar-refractivity contribution in [2.24, 2.45) is 5.73 Å². The van der Waals surface area contributed by atoms with Crippen LogP contribution in [-0.4, -0.2) is 29.6 Å². The molecule has 0 saturated heterocycles. The van der Waals surface area contributed by atoms with Crippen LogP contribution in [0.1, 0.15) is 27.6 Å². The average molecular weight is 535 g/mol. The third kappa shape index (κ3) is 4.75. The molecule has 0 aliphatic rings. The molecule has 0 bridgehead atoms. The van der Waals surface area contributed by atoms with Crippen molar-refractivity contribution in [1.82, 2.24) is 0 Å². The zero-order valence-electron chi connectivity index (χ0n) is 11.3. The Bertz CT molecular complexity index is 682. The Balaban J connectivity index is 3.42. The van der Waals surface area contributed by atoms with E-state index in [1.54, 1.807) is 0 Å². The number of esters is 1. The molecule has 3 N–H and O–H groups in total. The van der Waals surface area contributed by atoms with Gasteiger partial charge >= 0.3 is 5.97 Å². The number of hydrogen-bond acceptors (Lipinski definition) is 5. The van der Waals surface area contributed by atoms with Crippen molar-refractivity contribution < 1.29 is 23.9 Å². The lowest BCUT2D eigenvalue weighted by molar-refractivity contribution is -0.144. The Labute approximate surface area is 160 Å². The Morgan fingerprint density at radius 2 is 1.61 bits per heavy atom. The highest BCUT2D eigenvalue weighted by Gasteiger charge is 2.27. The van der Waals surface area contributed by atoms with Crippen LogP contribution in [0.4, 0.5) is 5.69 Å². The van der Waals surface area contributed by atoms with Gasteiger partial charge in [0.1, 0.15) is 0 Å². The molecule has 0 saturated carbocycles. The molecule has 1 aromatic carbocycles. The van der Waals surface area contributed by atoms with Crippen molar-refractivity contribution in [2.45, 2.75) is 6.92 Å². The summed E-state index contributed by atoms with van der Waals surface area (Å²) in [6.45, 7) is 0.606. The highest BCUT2D eigenvalue weighted by atomic mass is 79.9. The number of primary amides is 1. The lowest BCUT2D eigenvalue weighted by Crippen LogP contribution is -2.22. The zero-order valence-corrected chi connectivity index (χ0v) is 16.9. The van der Waals surface area contributed by atoms with Crippen molar-refractivity contribution in [2.75, 3.05) is 11.9 Å². The summed E-state index contributed by atoms with van der Waals surface area (Å²) in [5.74, 6) is -2.18. The number of rotatable bonds is 5. The quantitative estimate of drug-likeness (QED) is 0.445. The molecule has 0 atom stereocenters. The molecule has 2 amide bonds. The molecule has 0 radical (unpaired) electrons. The summed E-state index contributed by atoms with van der Waals surface area (Å²) in [4.78, 5) is 45.7. The van der Waals surface area contributed by atoms with E-state index in [-0.39, 0.29) is 30.2 Å². The number of amides is 2. The number of ether oxygens (including phenoxy) is 1. The molecule has 0 aliphatic carbocycles. The summed E-state index contributed by atoms with van der Waals surface area (Å²) in [5.41, 5.74) is 5.15. The first-order valence-corrected chi connectivity index (χ1v) is 8.46. The van der Waals surface area contributed by atoms with Crippen molar-refractivity contribution in [3.63, 3.8) is 0 Å². The van der Waals surface area contributed by atoms with Crippen LogP contribution < -0.4 is 11.1 Å². The molecule has 1 aromatic rings. The zero-order chi connectivity index (χ0) is 17.9. The Morgan fingerprint density at radius 1 is 1.09 bits per heavy atom. The van der Waals surface area contributed by atoms with Gasteiger partial charge in [0.25, 0.3) is 17.1 Å². The van der Waals surface area contributed by atoms with Gasteiger partial charge in [0.15, 0.2) is 6.61 Å². The van der Waals surface area contributed by atoms with Crippen molar-refractivity contribution in [1.29, 1.82) is 0 Å². The van der Waals surface area contributed by atoms with Gasteiger partial charge in [-0.2, -0.15) is 0 Å². The second-order valence-electron chi connectivity index (χ2n) is 4.03. The van der Waals surface area contributed by atoms with Gasteiger partial charge in [0.2, 0.25) is 0 Å². The first-order chi connectivity index (χ1) is 10.6. The molecule has 23 heavy (non-hydrogen) atoms. The normalized spacial score (nSPS) is 10.1. The van der Waals surface area contributed by atoms with Crippen LogP contribution >= 0.6 is 59.4 Å². The number of nitrogens with two attached hydrogens (primary N) is 1. The number of anilines is 1. The Hall–Kier alpha value is -0.970. The topological polar surface area (TPSA) is 116 Å². The Morgan fingerprint density at radius 3 is 2.04 bits per heavy atom. The molecular formula is C12H8Br3ClN2O5. The Kier molecular flexibility index (Phi) is 7.18. The van der Waals surface area contributed by atoms with Crippen LogP contribution in [-0.2, 0) is 14.3 Å². The average Bonchev–Trinajstić information content (AvgIpc) is 2.40. The molecule has 0 spiro atoms. The molecule has 11 heteroatoms. The van der Waals surface area contributed by atoms with Gasteiger partial charge in [-0.3, -0.25) is 19.2 Å². The van der Waals surface area contributed by atoms with Crippen LogP contribution in [0, 0.1) is 0 Å². The third-order valence-corrected chi connectivity index (χ3v) is 5.00. The van der Waals surface area contributed by atoms with Gasteiger partial charge in [0, 0.05) is 11.4 Å². The third-order valence-electron chi connectivity index (χ3n) is 2.43. The van der Waals surface area contributed by atoms with Gasteiger partial charge in [-0.1, -0.05) is 0 Å². The minimum absolute atomic E-state index is 0.0446. The summed E-state index contributed by atoms with van der Waals surface area (Å²) in [6.07, 6.45) is 0. The maximum absolute atomic E-state index is 11.8. The number of carbonyl (C=O) groups excluding carboxylic acids is 4. The lowest BCUT2D eigenvalue weighted by Gasteiger charge is -2.16. The predicted molar refractivity (Wildman–Crippen MR) is 93.5 cm³/mol. The SMILES string of the molecule is CC(=O)OCC(=O)Nc1c(Br)c(C(N)=O)c(Br)c(C(=O)Cl)c1Br. The van der Waals surface area contributed by atoms with Gasteiger partial charge < -0.3 is 15.8 Å². The molecule has 1 rings (SSSR count). The van der Waals surface area contributed by atoms with E-state index in [1.807, 2.05) is 0 Å². The van der Waals surface area contributed by atoms with Crippen LogP contribution in [0.5, 0.6) is 0 Å². The van der Waals surface area contributed by atoms with Gasteiger partial charge in [-0.15, -0.1) is 0 Å². The lowest BCUT2D eigenvalue weighted by atomic mass is 10.1. The van der Waals surface area contributed by atoms with E-state index >= 15 is 0 Å². The highest BCUT2D eigenvalue weighted by molar-refractivity contribution is 9.11. The molecule has 7 nitrogen and oxygen atoms in total. The molecule has 0 aliphatic heterocycles. The van der Waals surface area contributed by atoms with Crippen LogP contribution in [0.25, 0.3) is 0 Å². The minimum atomic E-state index is -0.880. The fraction of sp³-hybridized carbons (Fsp3) is 0.167. The van der Waals surface area contributed by atoms with Crippen LogP contribution in [0.15, 0.2) is 13.4 Å². The summed E-state index contributed by atoms with van der Waals surface area (Å²) in [5, 5.41) is 1.52. The second kappa shape index (κ2) is 8.22. The molecule has 0 unspecified atom stereocenters. The predicted octanol–water partition coefficient (Wildman–Crippen LogP) is 2.95. The smallest absolute Gasteiger partial charge is 0.303 e. The van der Waals surface area contributed by atoms with Crippen molar-refractivity contribution in [3.05, 3.63) is 24.5 Å². The number of benzene rings is 1. The number of carbonyl (C=O) groups is 4. The summed E-state index contributed by atoms with van der Waals surface area (Å²) in [6, 6.07) is 0. The fourth-order valence-corrected chi connectivity index (χ4v) is 4.86. The standard InChI is InChI=1S/C12H8Br3ClN2O5/c1-3(19)23-2-4(20)18-10-8(14)5(11(16)21)7(13)6(9(10)15)12(17)22/h2H2,1H3,(H2,17,22)(H,18,20). The number of hydrogen-bond donors (Lipinski definition) is 2. The van der Waals surface area contributed by atoms with Gasteiger partial charge in [-0.05, 0) is 59.4 Å². The van der Waals surface area contributed by atoms with Gasteiger partial charge in [-0.25, -0.2) is 0 Å². The summed E-state index contributed by atoms with van der Waals surface area (Å²) < 4.78 is 4.88.